The van der Waals surface area contributed by atoms with Crippen molar-refractivity contribution in [2.75, 3.05) is 25.0 Å². The van der Waals surface area contributed by atoms with Gasteiger partial charge in [0.2, 0.25) is 5.91 Å². The highest BCUT2D eigenvalue weighted by Gasteiger charge is 2.33. The van der Waals surface area contributed by atoms with Gasteiger partial charge < -0.3 is 15.4 Å². The number of fused-ring (bicyclic) bond motifs is 1. The van der Waals surface area contributed by atoms with Gasteiger partial charge in [-0.25, -0.2) is 0 Å². The van der Waals surface area contributed by atoms with Gasteiger partial charge in [-0.05, 0) is 52.8 Å². The maximum Gasteiger partial charge on any atom is 0.251 e. The van der Waals surface area contributed by atoms with E-state index in [-0.39, 0.29) is 34.8 Å². The van der Waals surface area contributed by atoms with Crippen LogP contribution in [0.4, 0.5) is 5.69 Å². The predicted octanol–water partition coefficient (Wildman–Crippen LogP) is 2.74. The van der Waals surface area contributed by atoms with E-state index in [1.807, 2.05) is 19.1 Å². The summed E-state index contributed by atoms with van der Waals surface area (Å²) >= 11 is 1.51. The van der Waals surface area contributed by atoms with Gasteiger partial charge >= 0.3 is 0 Å². The molecule has 0 aliphatic carbocycles. The first-order valence-electron chi connectivity index (χ1n) is 9.46. The van der Waals surface area contributed by atoms with Gasteiger partial charge in [0.15, 0.2) is 0 Å². The smallest absolute Gasteiger partial charge is 0.251 e. The van der Waals surface area contributed by atoms with Gasteiger partial charge in [0.1, 0.15) is 0 Å². The van der Waals surface area contributed by atoms with Crippen LogP contribution < -0.4 is 10.6 Å². The fourth-order valence-electron chi connectivity index (χ4n) is 3.53. The molecule has 2 heterocycles. The summed E-state index contributed by atoms with van der Waals surface area (Å²) in [5, 5.41) is 5.81. The maximum atomic E-state index is 12.7. The molecular formula is C20H29N3O3S. The van der Waals surface area contributed by atoms with Crippen LogP contribution in [0.25, 0.3) is 0 Å². The summed E-state index contributed by atoms with van der Waals surface area (Å²) in [4.78, 5) is 27.9. The van der Waals surface area contributed by atoms with Gasteiger partial charge in [0, 0.05) is 35.6 Å². The van der Waals surface area contributed by atoms with Crippen LogP contribution in [0.5, 0.6) is 0 Å². The number of ether oxygens (including phenoxy) is 1. The lowest BCUT2D eigenvalue weighted by Gasteiger charge is -2.45. The molecule has 6 nitrogen and oxygen atoms in total. The Hall–Kier alpha value is -1.57. The standard InChI is InChI=1S/C20H29N3O3S/c1-12-9-23(10-13(2)26-12)20(4,5)11-21-19(25)15-6-7-17-16(8-15)22-18(24)14(3)27-17/h6-8,12-14H,9-11H2,1-5H3,(H,21,25)(H,22,24)/t12-,13-,14-/m1/s1. The van der Waals surface area contributed by atoms with Crippen LogP contribution in [0, 0.1) is 0 Å². The van der Waals surface area contributed by atoms with Crippen LogP contribution in [-0.2, 0) is 9.53 Å². The van der Waals surface area contributed by atoms with E-state index in [1.54, 1.807) is 6.07 Å². The van der Waals surface area contributed by atoms with Crippen molar-refractivity contribution in [1.29, 1.82) is 0 Å². The number of nitrogens with one attached hydrogen (secondary N) is 2. The third kappa shape index (κ3) is 4.65. The van der Waals surface area contributed by atoms with Crippen LogP contribution in [0.15, 0.2) is 23.1 Å². The molecule has 0 bridgehead atoms. The van der Waals surface area contributed by atoms with Crippen molar-refractivity contribution < 1.29 is 14.3 Å². The largest absolute Gasteiger partial charge is 0.373 e. The van der Waals surface area contributed by atoms with Crippen LogP contribution in [0.3, 0.4) is 0 Å². The first kappa shape index (κ1) is 20.2. The normalized spacial score (nSPS) is 26.3. The Morgan fingerprint density at radius 3 is 2.63 bits per heavy atom. The van der Waals surface area contributed by atoms with Gasteiger partial charge in [-0.2, -0.15) is 0 Å². The Bertz CT molecular complexity index is 727. The van der Waals surface area contributed by atoms with Crippen molar-refractivity contribution in [3.8, 4) is 0 Å². The molecule has 1 aromatic carbocycles. The average Bonchev–Trinajstić information content (AvgIpc) is 2.59. The molecule has 0 spiro atoms. The summed E-state index contributed by atoms with van der Waals surface area (Å²) < 4.78 is 5.81. The molecular weight excluding hydrogens is 362 g/mol. The number of carbonyl (C=O) groups is 2. The molecule has 1 fully saturated rings. The number of amides is 2. The third-order valence-electron chi connectivity index (χ3n) is 5.13. The van der Waals surface area contributed by atoms with Crippen molar-refractivity contribution in [1.82, 2.24) is 10.2 Å². The fourth-order valence-corrected chi connectivity index (χ4v) is 4.46. The molecule has 0 unspecified atom stereocenters. The highest BCUT2D eigenvalue weighted by Crippen LogP contribution is 2.35. The van der Waals surface area contributed by atoms with Gasteiger partial charge in [-0.15, -0.1) is 11.8 Å². The molecule has 7 heteroatoms. The molecule has 2 N–H and O–H groups in total. The van der Waals surface area contributed by atoms with Crippen molar-refractivity contribution in [3.63, 3.8) is 0 Å². The zero-order valence-electron chi connectivity index (χ0n) is 16.7. The van der Waals surface area contributed by atoms with Crippen molar-refractivity contribution in [2.45, 2.75) is 62.5 Å². The van der Waals surface area contributed by atoms with E-state index in [4.69, 9.17) is 4.74 Å². The van der Waals surface area contributed by atoms with E-state index in [0.717, 1.165) is 18.0 Å². The molecule has 2 aliphatic heterocycles. The molecule has 0 saturated carbocycles. The minimum atomic E-state index is -0.171. The molecule has 3 atom stereocenters. The number of nitrogens with zero attached hydrogens (tertiary/aromatic N) is 1. The number of hydrogen-bond donors (Lipinski definition) is 2. The van der Waals surface area contributed by atoms with Gasteiger partial charge in [0.05, 0.1) is 23.1 Å². The zero-order valence-corrected chi connectivity index (χ0v) is 17.5. The SMILES string of the molecule is C[C@@H]1CN(C(C)(C)CNC(=O)c2ccc3c(c2)NC(=O)[C@@H](C)S3)C[C@@H](C)O1. The summed E-state index contributed by atoms with van der Waals surface area (Å²) in [6.45, 7) is 12.6. The lowest BCUT2D eigenvalue weighted by Crippen LogP contribution is -2.58. The third-order valence-corrected chi connectivity index (χ3v) is 6.31. The summed E-state index contributed by atoms with van der Waals surface area (Å²) in [7, 11) is 0. The minimum Gasteiger partial charge on any atom is -0.373 e. The van der Waals surface area contributed by atoms with Crippen molar-refractivity contribution >= 4 is 29.3 Å². The summed E-state index contributed by atoms with van der Waals surface area (Å²) in [6, 6.07) is 5.48. The Kier molecular flexibility index (Phi) is 5.84. The Labute approximate surface area is 165 Å². The molecule has 148 valence electrons. The number of rotatable bonds is 4. The average molecular weight is 392 g/mol. The second kappa shape index (κ2) is 7.81. The van der Waals surface area contributed by atoms with E-state index in [0.29, 0.717) is 17.8 Å². The summed E-state index contributed by atoms with van der Waals surface area (Å²) in [5.74, 6) is -0.153. The van der Waals surface area contributed by atoms with E-state index in [2.05, 4.69) is 43.2 Å². The van der Waals surface area contributed by atoms with E-state index in [1.165, 1.54) is 11.8 Å². The summed E-state index contributed by atoms with van der Waals surface area (Å²) in [5.41, 5.74) is 1.10. The molecule has 3 rings (SSSR count). The van der Waals surface area contributed by atoms with Crippen LogP contribution in [0.2, 0.25) is 0 Å². The highest BCUT2D eigenvalue weighted by molar-refractivity contribution is 8.00. The second-order valence-electron chi connectivity index (χ2n) is 8.12. The van der Waals surface area contributed by atoms with E-state index >= 15 is 0 Å². The van der Waals surface area contributed by atoms with Gasteiger partial charge in [0.25, 0.3) is 5.91 Å². The number of hydrogen-bond acceptors (Lipinski definition) is 5. The van der Waals surface area contributed by atoms with Gasteiger partial charge in [-0.1, -0.05) is 0 Å². The van der Waals surface area contributed by atoms with Crippen molar-refractivity contribution in [3.05, 3.63) is 23.8 Å². The molecule has 2 aliphatic rings. The van der Waals surface area contributed by atoms with Crippen LogP contribution in [-0.4, -0.2) is 59.3 Å². The quantitative estimate of drug-likeness (QED) is 0.826. The molecule has 0 aromatic heterocycles. The Morgan fingerprint density at radius 1 is 1.30 bits per heavy atom. The Balaban J connectivity index is 1.64. The maximum absolute atomic E-state index is 12.7. The van der Waals surface area contributed by atoms with Gasteiger partial charge in [-0.3, -0.25) is 14.5 Å². The molecule has 27 heavy (non-hydrogen) atoms. The lowest BCUT2D eigenvalue weighted by atomic mass is 10.00. The lowest BCUT2D eigenvalue weighted by molar-refractivity contribution is -0.115. The number of benzene rings is 1. The first-order valence-corrected chi connectivity index (χ1v) is 10.3. The number of carbonyl (C=O) groups excluding carboxylic acids is 2. The first-order chi connectivity index (χ1) is 12.7. The topological polar surface area (TPSA) is 70.7 Å². The minimum absolute atomic E-state index is 0.0262. The zero-order chi connectivity index (χ0) is 19.8. The van der Waals surface area contributed by atoms with E-state index in [9.17, 15) is 9.59 Å². The van der Waals surface area contributed by atoms with Crippen LogP contribution >= 0.6 is 11.8 Å². The van der Waals surface area contributed by atoms with Crippen LogP contribution in [0.1, 0.15) is 45.0 Å². The molecule has 1 aromatic rings. The second-order valence-corrected chi connectivity index (χ2v) is 9.50. The highest BCUT2D eigenvalue weighted by atomic mass is 32.2. The fraction of sp³-hybridized carbons (Fsp3) is 0.600. The van der Waals surface area contributed by atoms with E-state index < -0.39 is 0 Å². The number of anilines is 1. The monoisotopic (exact) mass is 391 g/mol. The molecule has 2 amide bonds. The molecule has 0 radical (unpaired) electrons. The predicted molar refractivity (Wildman–Crippen MR) is 108 cm³/mol. The van der Waals surface area contributed by atoms with Crippen molar-refractivity contribution in [2.24, 2.45) is 0 Å². The molecule has 1 saturated heterocycles. The summed E-state index contributed by atoms with van der Waals surface area (Å²) in [6.07, 6.45) is 0.376. The Morgan fingerprint density at radius 2 is 1.96 bits per heavy atom. The number of morpholine rings is 1. The number of thioether (sulfide) groups is 1.